The molecule has 3 amide bonds. The topological polar surface area (TPSA) is 510 Å². The van der Waals surface area contributed by atoms with E-state index < -0.39 is 240 Å². The molecule has 115 heavy (non-hydrogen) atoms. The molecular weight excluding hydrogens is 1490 g/mol. The van der Waals surface area contributed by atoms with E-state index in [-0.39, 0.29) is 30.4 Å². The minimum absolute atomic E-state index is 0.0420. The minimum atomic E-state index is -2.66. The molecule has 1 fully saturated rings. The van der Waals surface area contributed by atoms with Crippen LogP contribution in [0.3, 0.4) is 0 Å². The Kier molecular flexibility index (Phi) is 44.0. The number of ether oxygens (including phenoxy) is 4. The number of carboxylic acid groups (broad SMARTS) is 2. The van der Waals surface area contributed by atoms with Crippen molar-refractivity contribution in [2.24, 2.45) is 70.0 Å². The summed E-state index contributed by atoms with van der Waals surface area (Å²) in [5, 5.41) is 165. The van der Waals surface area contributed by atoms with Gasteiger partial charge in [-0.05, 0) is 148 Å². The molecule has 0 aromatic carbocycles. The van der Waals surface area contributed by atoms with E-state index in [1.807, 2.05) is 24.3 Å². The van der Waals surface area contributed by atoms with E-state index in [0.717, 1.165) is 32.6 Å². The summed E-state index contributed by atoms with van der Waals surface area (Å²) in [6, 6.07) is -5.41. The number of ketones is 1. The van der Waals surface area contributed by atoms with Crippen LogP contribution < -0.4 is 16.0 Å². The molecule has 0 radical (unpaired) electrons. The number of cyclic esters (lactones) is 1. The number of Topliss-reactive ketones (excluding diaryl/α,β-unsaturated/α-hetero) is 1. The molecule has 30 heteroatoms. The van der Waals surface area contributed by atoms with E-state index >= 15 is 0 Å². The molecule has 2 heterocycles. The summed E-state index contributed by atoms with van der Waals surface area (Å²) in [7, 11) is 1.16. The number of carboxylic acids is 2. The first kappa shape index (κ1) is 104. The third-order valence-corrected chi connectivity index (χ3v) is 22.5. The number of hydrogen-bond acceptors (Lipinski definition) is 25. The summed E-state index contributed by atoms with van der Waals surface area (Å²) in [4.78, 5) is 120. The first-order valence-electron chi connectivity index (χ1n) is 39.9. The Morgan fingerprint density at radius 3 is 1.87 bits per heavy atom. The third kappa shape index (κ3) is 32.2. The van der Waals surface area contributed by atoms with Gasteiger partial charge in [-0.1, -0.05) is 136 Å². The molecule has 1 saturated heterocycles. The normalized spacial score (nSPS) is 30.6. The highest BCUT2D eigenvalue weighted by atomic mass is 16.6. The number of esters is 3. The van der Waals surface area contributed by atoms with Gasteiger partial charge in [-0.15, -0.1) is 0 Å². The SMILES string of the molecule is COC(=O)C(C)(C)C(O)C(C)C(=O)C(C)(C)/C=C/C(=O)NC(C(O)C(C)C)C(O)C(C)/C=C(\C)C(O)C(C)CCC(O)C(C)C(=O)NC(C(C)O)C1C(C)OC(=O)C(C(O)C(=O)O)NC(=O)/C=C/C=C/CC/C=C/C=C/C[C@@H]2C[C@@H](C)C[C@H](O2)C(O)C(C)C(O)/C(C)=C/C(C)C(O)/C(C)=C/CC(OC(=O)CC(O)C(=O)O)C(C)C1O. The maximum Gasteiger partial charge on any atom is 0.335 e. The summed E-state index contributed by atoms with van der Waals surface area (Å²) < 4.78 is 22.8. The molecule has 654 valence electrons. The summed E-state index contributed by atoms with van der Waals surface area (Å²) in [6.45, 7) is 29.1. The van der Waals surface area contributed by atoms with Crippen molar-refractivity contribution < 1.29 is 134 Å². The Hall–Kier alpha value is -7.17. The maximum absolute atomic E-state index is 14.6. The number of fused-ring (bicyclic) bond motifs is 2. The zero-order valence-electron chi connectivity index (χ0n) is 70.7. The van der Waals surface area contributed by atoms with E-state index in [1.165, 1.54) is 86.6 Å². The van der Waals surface area contributed by atoms with E-state index in [4.69, 9.17) is 18.9 Å². The molecule has 2 bridgehead atoms. The van der Waals surface area contributed by atoms with Crippen LogP contribution in [0.25, 0.3) is 0 Å². The largest absolute Gasteiger partial charge is 0.479 e. The quantitative estimate of drug-likeness (QED) is 0.0205. The average Bonchev–Trinajstić information content (AvgIpc) is 0.808. The molecule has 28 atom stereocenters. The van der Waals surface area contributed by atoms with Crippen molar-refractivity contribution in [2.45, 2.75) is 305 Å². The Balaban J connectivity index is 2.72. The molecule has 25 unspecified atom stereocenters. The van der Waals surface area contributed by atoms with Crippen LogP contribution in [0, 0.1) is 70.0 Å². The van der Waals surface area contributed by atoms with Crippen LogP contribution in [0.4, 0.5) is 0 Å². The molecule has 30 nitrogen and oxygen atoms in total. The number of carbonyl (C=O) groups excluding carboxylic acids is 7. The van der Waals surface area contributed by atoms with Crippen LogP contribution in [0.5, 0.6) is 0 Å². The Bertz CT molecular complexity index is 3410. The predicted molar refractivity (Wildman–Crippen MR) is 428 cm³/mol. The van der Waals surface area contributed by atoms with Crippen molar-refractivity contribution in [3.63, 3.8) is 0 Å². The fourth-order valence-electron chi connectivity index (χ4n) is 14.5. The summed E-state index contributed by atoms with van der Waals surface area (Å²) in [6.07, 6.45) is -2.10. The lowest BCUT2D eigenvalue weighted by molar-refractivity contribution is -0.171. The highest BCUT2D eigenvalue weighted by Gasteiger charge is 2.48. The molecular formula is C85H137N3O27. The lowest BCUT2D eigenvalue weighted by atomic mass is 9.72. The van der Waals surface area contributed by atoms with Gasteiger partial charge in [0.05, 0.1) is 110 Å². The standard InChI is InChI=1S/C85H137N3O27/c1-43(2)69(95)67(86-63(93)36-37-84(16,17)77(103)54(13)78(104)85(18,19)83(111)112-20)73(99)50(9)41-48(7)70(96)45(4)32-34-58(90)51(10)79(105)88-66(55(14)89)65-56(15)113-82(110)68(76(102)81(108)109)87-62(92)31-29-27-25-23-21-22-24-26-28-30-57-38-44(3)39-61(114-57)74(100)53(12)72(98)49(8)40-47(6)71(97)46(5)33-35-60(52(11)75(65)101)115-64(94)42-59(91)80(106)107/h22,24-29,31,33,36-37,40-41,43-45,47,50-61,65-76,78,89-91,95-102,104H,21,23,30,32,34-35,38-39,42H2,1-20H3,(H,86,93)(H,87,92)(H,88,105)(H,106,107)(H,108,109)/b24-22+,27-25+,28-26+,31-29+,37-36+,46-33+,48-41+,49-40+/t44-,45?,47?,50?,51?,52?,53?,54?,55?,56?,57-,58?,59?,60?,61+,65?,66?,67?,68?,69?,70?,71?,72?,73?,74?,75?,76?,78?/m1/s1. The molecule has 0 saturated carbocycles. The Morgan fingerprint density at radius 2 is 1.30 bits per heavy atom. The van der Waals surface area contributed by atoms with Gasteiger partial charge in [-0.3, -0.25) is 28.8 Å². The van der Waals surface area contributed by atoms with Crippen LogP contribution in [0.1, 0.15) is 189 Å². The molecule has 17 N–H and O–H groups in total. The van der Waals surface area contributed by atoms with E-state index in [0.29, 0.717) is 36.8 Å². The Morgan fingerprint density at radius 1 is 0.713 bits per heavy atom. The van der Waals surface area contributed by atoms with Crippen LogP contribution in [0.15, 0.2) is 95.7 Å². The molecule has 0 spiro atoms. The third-order valence-electron chi connectivity index (χ3n) is 22.5. The molecule has 2 aliphatic rings. The number of methoxy groups -OCH3 is 1. The number of aliphatic carboxylic acids is 2. The van der Waals surface area contributed by atoms with Crippen molar-refractivity contribution in [1.82, 2.24) is 16.0 Å². The maximum atomic E-state index is 14.6. The van der Waals surface area contributed by atoms with Gasteiger partial charge in [0.25, 0.3) is 0 Å². The van der Waals surface area contributed by atoms with Gasteiger partial charge in [-0.2, -0.15) is 0 Å². The second-order valence-corrected chi connectivity index (χ2v) is 33.5. The first-order valence-corrected chi connectivity index (χ1v) is 39.9. The summed E-state index contributed by atoms with van der Waals surface area (Å²) in [5.74, 6) is -19.7. The van der Waals surface area contributed by atoms with Gasteiger partial charge >= 0.3 is 29.8 Å². The molecule has 2 rings (SSSR count). The molecule has 0 aliphatic carbocycles. The van der Waals surface area contributed by atoms with Crippen LogP contribution in [0.2, 0.25) is 0 Å². The average molecular weight is 1630 g/mol. The highest BCUT2D eigenvalue weighted by Crippen LogP contribution is 2.37. The number of amides is 3. The zero-order valence-corrected chi connectivity index (χ0v) is 70.7. The number of aliphatic hydroxyl groups is 12. The highest BCUT2D eigenvalue weighted by molar-refractivity contribution is 5.95. The molecule has 2 aliphatic heterocycles. The number of rotatable bonds is 29. The molecule has 0 aromatic heterocycles. The van der Waals surface area contributed by atoms with Gasteiger partial charge in [0, 0.05) is 53.4 Å². The lowest BCUT2D eigenvalue weighted by Crippen LogP contribution is -2.59. The van der Waals surface area contributed by atoms with Crippen molar-refractivity contribution in [1.29, 1.82) is 0 Å². The number of nitrogens with one attached hydrogen (secondary N) is 3. The van der Waals surface area contributed by atoms with Gasteiger partial charge in [-0.25, -0.2) is 14.4 Å². The van der Waals surface area contributed by atoms with Crippen LogP contribution in [-0.2, 0) is 62.1 Å². The zero-order chi connectivity index (χ0) is 88.2. The number of allylic oxidation sites excluding steroid dienone is 7. The van der Waals surface area contributed by atoms with Gasteiger partial charge in [0.15, 0.2) is 18.2 Å². The smallest absolute Gasteiger partial charge is 0.335 e. The van der Waals surface area contributed by atoms with E-state index in [9.17, 15) is 115 Å². The van der Waals surface area contributed by atoms with E-state index in [1.54, 1.807) is 73.6 Å². The van der Waals surface area contributed by atoms with Crippen molar-refractivity contribution in [2.75, 3.05) is 7.11 Å². The second-order valence-electron chi connectivity index (χ2n) is 33.5. The number of carbonyl (C=O) groups is 9. The lowest BCUT2D eigenvalue weighted by Gasteiger charge is -2.41. The van der Waals surface area contributed by atoms with Crippen molar-refractivity contribution in [3.05, 3.63) is 95.7 Å². The summed E-state index contributed by atoms with van der Waals surface area (Å²) >= 11 is 0. The van der Waals surface area contributed by atoms with Gasteiger partial charge < -0.3 is 106 Å². The van der Waals surface area contributed by atoms with Crippen molar-refractivity contribution in [3.8, 4) is 0 Å². The first-order chi connectivity index (χ1) is 53.3. The van der Waals surface area contributed by atoms with E-state index in [2.05, 4.69) is 22.9 Å². The number of aliphatic hydroxyl groups excluding tert-OH is 12. The number of hydrogen-bond donors (Lipinski definition) is 17. The van der Waals surface area contributed by atoms with Crippen LogP contribution >= 0.6 is 0 Å². The van der Waals surface area contributed by atoms with Gasteiger partial charge in [0.1, 0.15) is 18.0 Å². The van der Waals surface area contributed by atoms with Crippen molar-refractivity contribution >= 4 is 53.4 Å². The fourth-order valence-corrected chi connectivity index (χ4v) is 14.5. The summed E-state index contributed by atoms with van der Waals surface area (Å²) in [5.41, 5.74) is -1.80. The Labute approximate surface area is 678 Å². The minimum Gasteiger partial charge on any atom is -0.479 e. The predicted octanol–water partition coefficient (Wildman–Crippen LogP) is 4.87. The monoisotopic (exact) mass is 1630 g/mol. The molecule has 0 aromatic rings. The van der Waals surface area contributed by atoms with Crippen LogP contribution in [-0.4, -0.2) is 248 Å². The van der Waals surface area contributed by atoms with Gasteiger partial charge in [0.2, 0.25) is 17.7 Å². The second kappa shape index (κ2) is 48.6. The fraction of sp³-hybridized carbons (Fsp3) is 0.706.